The smallest absolute Gasteiger partial charge is 0.119 e. The van der Waals surface area contributed by atoms with Gasteiger partial charge in [-0.05, 0) is 47.6 Å². The first-order valence-corrected chi connectivity index (χ1v) is 8.99. The van der Waals surface area contributed by atoms with E-state index in [1.807, 2.05) is 6.92 Å². The van der Waals surface area contributed by atoms with Gasteiger partial charge in [-0.3, -0.25) is 0 Å². The van der Waals surface area contributed by atoms with Crippen LogP contribution >= 0.6 is 0 Å². The van der Waals surface area contributed by atoms with Crippen molar-refractivity contribution < 1.29 is 4.74 Å². The summed E-state index contributed by atoms with van der Waals surface area (Å²) in [4.78, 5) is 0. The highest BCUT2D eigenvalue weighted by molar-refractivity contribution is 5.30. The molecule has 0 amide bonds. The van der Waals surface area contributed by atoms with E-state index in [0.717, 1.165) is 18.7 Å². The summed E-state index contributed by atoms with van der Waals surface area (Å²) < 4.78 is 5.52. The number of rotatable bonds is 7. The van der Waals surface area contributed by atoms with Gasteiger partial charge in [-0.25, -0.2) is 0 Å². The highest BCUT2D eigenvalue weighted by Gasteiger charge is 2.13. The van der Waals surface area contributed by atoms with E-state index < -0.39 is 0 Å². The lowest BCUT2D eigenvalue weighted by molar-refractivity contribution is 0.340. The average molecular weight is 325 g/mol. The third kappa shape index (κ3) is 5.10. The molecule has 0 aliphatic rings. The standard InChI is InChI=1S/C22H31NO/c1-6-21(18-10-14-20(15-11-18)24-7-2)23-16-17-8-12-19(13-9-17)22(3,4)5/h8-15,21,23H,6-7,16H2,1-5H3. The molecule has 1 atom stereocenters. The molecule has 2 heteroatoms. The fraction of sp³-hybridized carbons (Fsp3) is 0.455. The second kappa shape index (κ2) is 8.34. The molecule has 0 heterocycles. The van der Waals surface area contributed by atoms with Crippen molar-refractivity contribution in [3.05, 3.63) is 65.2 Å². The van der Waals surface area contributed by atoms with Gasteiger partial charge >= 0.3 is 0 Å². The molecule has 1 unspecified atom stereocenters. The van der Waals surface area contributed by atoms with Gasteiger partial charge in [0.2, 0.25) is 0 Å². The molecule has 0 aliphatic carbocycles. The van der Waals surface area contributed by atoms with Crippen LogP contribution in [-0.4, -0.2) is 6.61 Å². The van der Waals surface area contributed by atoms with Gasteiger partial charge < -0.3 is 10.1 Å². The maximum Gasteiger partial charge on any atom is 0.119 e. The molecule has 130 valence electrons. The molecule has 0 fully saturated rings. The largest absolute Gasteiger partial charge is 0.494 e. The van der Waals surface area contributed by atoms with E-state index in [-0.39, 0.29) is 5.41 Å². The Morgan fingerprint density at radius 3 is 2.04 bits per heavy atom. The summed E-state index contributed by atoms with van der Waals surface area (Å²) >= 11 is 0. The molecule has 0 bridgehead atoms. The Morgan fingerprint density at radius 2 is 1.54 bits per heavy atom. The fourth-order valence-corrected chi connectivity index (χ4v) is 2.82. The topological polar surface area (TPSA) is 21.3 Å². The zero-order valence-corrected chi connectivity index (χ0v) is 15.7. The van der Waals surface area contributed by atoms with E-state index in [2.05, 4.69) is 81.5 Å². The van der Waals surface area contributed by atoms with Crippen molar-refractivity contribution in [2.24, 2.45) is 0 Å². The molecular weight excluding hydrogens is 294 g/mol. The maximum absolute atomic E-state index is 5.52. The quantitative estimate of drug-likeness (QED) is 0.713. The molecule has 0 aromatic heterocycles. The molecule has 0 saturated carbocycles. The van der Waals surface area contributed by atoms with Crippen LogP contribution in [0.5, 0.6) is 5.75 Å². The van der Waals surface area contributed by atoms with Gasteiger partial charge in [0.25, 0.3) is 0 Å². The predicted octanol–water partition coefficient (Wildman–Crippen LogP) is 5.62. The monoisotopic (exact) mass is 325 g/mol. The van der Waals surface area contributed by atoms with E-state index >= 15 is 0 Å². The molecule has 2 aromatic rings. The van der Waals surface area contributed by atoms with Gasteiger partial charge in [-0.15, -0.1) is 0 Å². The lowest BCUT2D eigenvalue weighted by Gasteiger charge is -2.20. The molecule has 1 N–H and O–H groups in total. The van der Waals surface area contributed by atoms with E-state index in [1.54, 1.807) is 0 Å². The third-order valence-corrected chi connectivity index (χ3v) is 4.37. The van der Waals surface area contributed by atoms with Crippen LogP contribution in [0.15, 0.2) is 48.5 Å². The molecule has 0 spiro atoms. The summed E-state index contributed by atoms with van der Waals surface area (Å²) in [7, 11) is 0. The van der Waals surface area contributed by atoms with Crippen molar-refractivity contribution >= 4 is 0 Å². The minimum absolute atomic E-state index is 0.209. The van der Waals surface area contributed by atoms with E-state index in [9.17, 15) is 0 Å². The first-order valence-electron chi connectivity index (χ1n) is 8.99. The Labute approximate surface area is 147 Å². The third-order valence-electron chi connectivity index (χ3n) is 4.37. The predicted molar refractivity (Wildman–Crippen MR) is 103 cm³/mol. The van der Waals surface area contributed by atoms with Gasteiger partial charge in [-0.1, -0.05) is 64.1 Å². The summed E-state index contributed by atoms with van der Waals surface area (Å²) in [6.07, 6.45) is 1.06. The SMILES string of the molecule is CCOc1ccc(C(CC)NCc2ccc(C(C)(C)C)cc2)cc1. The van der Waals surface area contributed by atoms with Crippen LogP contribution in [0.2, 0.25) is 0 Å². The summed E-state index contributed by atoms with van der Waals surface area (Å²) in [5, 5.41) is 3.67. The molecule has 0 saturated heterocycles. The zero-order valence-electron chi connectivity index (χ0n) is 15.7. The van der Waals surface area contributed by atoms with Crippen molar-refractivity contribution in [2.75, 3.05) is 6.61 Å². The highest BCUT2D eigenvalue weighted by atomic mass is 16.5. The molecule has 2 aromatic carbocycles. The van der Waals surface area contributed by atoms with Crippen molar-refractivity contribution in [1.82, 2.24) is 5.32 Å². The molecule has 0 radical (unpaired) electrons. The Kier molecular flexibility index (Phi) is 6.44. The van der Waals surface area contributed by atoms with Gasteiger partial charge in [0, 0.05) is 12.6 Å². The Hall–Kier alpha value is -1.80. The van der Waals surface area contributed by atoms with Crippen LogP contribution in [-0.2, 0) is 12.0 Å². The Balaban J connectivity index is 1.98. The molecular formula is C22H31NO. The van der Waals surface area contributed by atoms with Crippen molar-refractivity contribution in [3.63, 3.8) is 0 Å². The summed E-state index contributed by atoms with van der Waals surface area (Å²) in [5.41, 5.74) is 4.23. The molecule has 2 nitrogen and oxygen atoms in total. The molecule has 0 aliphatic heterocycles. The van der Waals surface area contributed by atoms with E-state index in [4.69, 9.17) is 4.74 Å². The van der Waals surface area contributed by atoms with Gasteiger partial charge in [0.15, 0.2) is 0 Å². The lowest BCUT2D eigenvalue weighted by atomic mass is 9.87. The van der Waals surface area contributed by atoms with Gasteiger partial charge in [0.1, 0.15) is 5.75 Å². The average Bonchev–Trinajstić information content (AvgIpc) is 2.57. The van der Waals surface area contributed by atoms with Crippen LogP contribution < -0.4 is 10.1 Å². The van der Waals surface area contributed by atoms with Crippen molar-refractivity contribution in [1.29, 1.82) is 0 Å². The summed E-state index contributed by atoms with van der Waals surface area (Å²) in [6, 6.07) is 17.8. The van der Waals surface area contributed by atoms with E-state index in [0.29, 0.717) is 12.6 Å². The lowest BCUT2D eigenvalue weighted by Crippen LogP contribution is -2.20. The summed E-state index contributed by atoms with van der Waals surface area (Å²) in [5.74, 6) is 0.939. The van der Waals surface area contributed by atoms with Gasteiger partial charge in [-0.2, -0.15) is 0 Å². The Bertz CT molecular complexity index is 608. The minimum atomic E-state index is 0.209. The fourth-order valence-electron chi connectivity index (χ4n) is 2.82. The minimum Gasteiger partial charge on any atom is -0.494 e. The summed E-state index contributed by atoms with van der Waals surface area (Å²) in [6.45, 7) is 12.6. The second-order valence-corrected chi connectivity index (χ2v) is 7.29. The second-order valence-electron chi connectivity index (χ2n) is 7.29. The highest BCUT2D eigenvalue weighted by Crippen LogP contribution is 2.23. The molecule has 2 rings (SSSR count). The maximum atomic E-state index is 5.52. The Morgan fingerprint density at radius 1 is 0.917 bits per heavy atom. The number of benzene rings is 2. The molecule has 24 heavy (non-hydrogen) atoms. The van der Waals surface area contributed by atoms with E-state index in [1.165, 1.54) is 16.7 Å². The van der Waals surface area contributed by atoms with Crippen molar-refractivity contribution in [2.45, 2.75) is 59.0 Å². The van der Waals surface area contributed by atoms with Crippen LogP contribution in [0.4, 0.5) is 0 Å². The number of ether oxygens (including phenoxy) is 1. The van der Waals surface area contributed by atoms with Gasteiger partial charge in [0.05, 0.1) is 6.61 Å². The number of hydrogen-bond acceptors (Lipinski definition) is 2. The van der Waals surface area contributed by atoms with Crippen LogP contribution in [0.3, 0.4) is 0 Å². The van der Waals surface area contributed by atoms with Crippen molar-refractivity contribution in [3.8, 4) is 5.75 Å². The van der Waals surface area contributed by atoms with Crippen LogP contribution in [0, 0.1) is 0 Å². The van der Waals surface area contributed by atoms with Crippen LogP contribution in [0.1, 0.15) is 63.8 Å². The zero-order chi connectivity index (χ0) is 17.6. The van der Waals surface area contributed by atoms with Crippen LogP contribution in [0.25, 0.3) is 0 Å². The first kappa shape index (κ1) is 18.5. The normalized spacial score (nSPS) is 12.9. The number of nitrogens with one attached hydrogen (secondary N) is 1. The number of hydrogen-bond donors (Lipinski definition) is 1. The first-order chi connectivity index (χ1) is 11.4.